The van der Waals surface area contributed by atoms with Gasteiger partial charge in [0.25, 0.3) is 0 Å². The Hall–Kier alpha value is -1.31. The summed E-state index contributed by atoms with van der Waals surface area (Å²) in [6.07, 6.45) is 9.29. The van der Waals surface area contributed by atoms with E-state index in [9.17, 15) is 4.79 Å². The molecule has 0 saturated heterocycles. The second-order valence-electron chi connectivity index (χ2n) is 4.06. The molecule has 0 aromatic carbocycles. The lowest BCUT2D eigenvalue weighted by atomic mass is 9.71. The summed E-state index contributed by atoms with van der Waals surface area (Å²) in [7, 11) is 0. The van der Waals surface area contributed by atoms with E-state index in [2.05, 4.69) is 12.7 Å². The number of amides is 1. The Balaban J connectivity index is 2.34. The Morgan fingerprint density at radius 1 is 1.57 bits per heavy atom. The second kappa shape index (κ2) is 3.45. The average Bonchev–Trinajstić information content (AvgIpc) is 2.17. The molecule has 0 heterocycles. The molecule has 14 heavy (non-hydrogen) atoms. The third-order valence-corrected chi connectivity index (χ3v) is 3.16. The Kier molecular flexibility index (Phi) is 2.28. The van der Waals surface area contributed by atoms with Gasteiger partial charge < -0.3 is 5.73 Å². The van der Waals surface area contributed by atoms with Gasteiger partial charge in [0.05, 0.1) is 5.92 Å². The summed E-state index contributed by atoms with van der Waals surface area (Å²) >= 11 is 0. The topological polar surface area (TPSA) is 43.1 Å². The summed E-state index contributed by atoms with van der Waals surface area (Å²) in [6.45, 7) is 3.94. The normalized spacial score (nSPS) is 30.9. The van der Waals surface area contributed by atoms with Crippen molar-refractivity contribution < 1.29 is 4.79 Å². The molecule has 1 saturated carbocycles. The zero-order chi connectivity index (χ0) is 10.1. The molecule has 2 aliphatic rings. The molecule has 0 spiro atoms. The minimum absolute atomic E-state index is 0.210. The van der Waals surface area contributed by atoms with Gasteiger partial charge in [-0.3, -0.25) is 4.79 Å². The lowest BCUT2D eigenvalue weighted by Gasteiger charge is -2.33. The fourth-order valence-electron chi connectivity index (χ4n) is 2.42. The van der Waals surface area contributed by atoms with Gasteiger partial charge in [-0.1, -0.05) is 36.0 Å². The second-order valence-corrected chi connectivity index (χ2v) is 4.06. The van der Waals surface area contributed by atoms with Gasteiger partial charge in [-0.15, -0.1) is 0 Å². The molecular weight excluding hydrogens is 174 g/mol. The first-order valence-electron chi connectivity index (χ1n) is 5.03. The van der Waals surface area contributed by atoms with E-state index < -0.39 is 0 Å². The van der Waals surface area contributed by atoms with Crippen LogP contribution in [0.5, 0.6) is 0 Å². The maximum Gasteiger partial charge on any atom is 0.228 e. The van der Waals surface area contributed by atoms with Gasteiger partial charge in [-0.2, -0.15) is 0 Å². The summed E-state index contributed by atoms with van der Waals surface area (Å²) in [6, 6.07) is 0. The summed E-state index contributed by atoms with van der Waals surface area (Å²) in [5, 5.41) is 0. The van der Waals surface area contributed by atoms with Crippen molar-refractivity contribution in [2.24, 2.45) is 17.6 Å². The Morgan fingerprint density at radius 2 is 2.36 bits per heavy atom. The van der Waals surface area contributed by atoms with Crippen molar-refractivity contribution in [1.82, 2.24) is 0 Å². The van der Waals surface area contributed by atoms with Crippen molar-refractivity contribution in [2.45, 2.75) is 19.3 Å². The van der Waals surface area contributed by atoms with Crippen molar-refractivity contribution in [3.05, 3.63) is 36.0 Å². The van der Waals surface area contributed by atoms with Gasteiger partial charge in [-0.05, 0) is 25.2 Å². The molecule has 2 N–H and O–H groups in total. The smallest absolute Gasteiger partial charge is 0.228 e. The third-order valence-electron chi connectivity index (χ3n) is 3.16. The van der Waals surface area contributed by atoms with Crippen LogP contribution in [-0.4, -0.2) is 5.91 Å². The molecule has 1 fully saturated rings. The van der Waals surface area contributed by atoms with Gasteiger partial charge in [0.15, 0.2) is 0 Å². The number of hydrogen-bond donors (Lipinski definition) is 1. The molecule has 2 heteroatoms. The van der Waals surface area contributed by atoms with Gasteiger partial charge in [0.2, 0.25) is 5.91 Å². The zero-order valence-corrected chi connectivity index (χ0v) is 8.20. The van der Waals surface area contributed by atoms with E-state index in [0.29, 0.717) is 5.92 Å². The number of hydrogen-bond acceptors (Lipinski definition) is 1. The molecular formula is C12H15NO. The van der Waals surface area contributed by atoms with Crippen LogP contribution in [0.2, 0.25) is 0 Å². The van der Waals surface area contributed by atoms with Gasteiger partial charge in [0, 0.05) is 0 Å². The highest BCUT2D eigenvalue weighted by atomic mass is 16.1. The summed E-state index contributed by atoms with van der Waals surface area (Å²) in [5.41, 5.74) is 7.56. The fourth-order valence-corrected chi connectivity index (χ4v) is 2.42. The van der Waals surface area contributed by atoms with Gasteiger partial charge in [0.1, 0.15) is 0 Å². The quantitative estimate of drug-likeness (QED) is 0.629. The van der Waals surface area contributed by atoms with Crippen LogP contribution < -0.4 is 5.73 Å². The minimum Gasteiger partial charge on any atom is -0.369 e. The molecule has 74 valence electrons. The van der Waals surface area contributed by atoms with E-state index in [1.165, 1.54) is 5.57 Å². The number of rotatable bonds is 1. The van der Waals surface area contributed by atoms with Gasteiger partial charge >= 0.3 is 0 Å². The fraction of sp³-hybridized carbons (Fsp3) is 0.417. The van der Waals surface area contributed by atoms with E-state index in [4.69, 9.17) is 5.73 Å². The van der Waals surface area contributed by atoms with Crippen LogP contribution >= 0.6 is 0 Å². The standard InChI is InChI=1S/C12H15NO/c1-8-6-7-9-4-2-3-5-10(9)11(8)12(13)14/h2-3,5,9,11H,1,4,6-7H2,(H2,13,14). The molecule has 2 nitrogen and oxygen atoms in total. The highest BCUT2D eigenvalue weighted by Crippen LogP contribution is 2.40. The molecule has 0 aromatic heterocycles. The number of fused-ring (bicyclic) bond motifs is 1. The monoisotopic (exact) mass is 189 g/mol. The molecule has 0 aromatic rings. The molecule has 2 unspecified atom stereocenters. The van der Waals surface area contributed by atoms with Crippen LogP contribution in [0.1, 0.15) is 19.3 Å². The maximum absolute atomic E-state index is 11.3. The van der Waals surface area contributed by atoms with Crippen LogP contribution in [0, 0.1) is 11.8 Å². The lowest BCUT2D eigenvalue weighted by Crippen LogP contribution is -2.32. The summed E-state index contributed by atoms with van der Waals surface area (Å²) in [5.74, 6) is 0.0583. The minimum atomic E-state index is -0.249. The summed E-state index contributed by atoms with van der Waals surface area (Å²) < 4.78 is 0. The molecule has 0 radical (unpaired) electrons. The largest absolute Gasteiger partial charge is 0.369 e. The molecule has 2 atom stereocenters. The molecule has 0 bridgehead atoms. The van der Waals surface area contributed by atoms with Crippen LogP contribution in [-0.2, 0) is 4.79 Å². The van der Waals surface area contributed by atoms with E-state index in [1.54, 1.807) is 0 Å². The predicted octanol–water partition coefficient (Wildman–Crippen LogP) is 1.94. The van der Waals surface area contributed by atoms with Crippen LogP contribution in [0.3, 0.4) is 0 Å². The third kappa shape index (κ3) is 1.41. The predicted molar refractivity (Wildman–Crippen MR) is 56.4 cm³/mol. The zero-order valence-electron chi connectivity index (χ0n) is 8.20. The van der Waals surface area contributed by atoms with Crippen molar-refractivity contribution in [3.63, 3.8) is 0 Å². The first-order valence-corrected chi connectivity index (χ1v) is 5.03. The average molecular weight is 189 g/mol. The highest BCUT2D eigenvalue weighted by molar-refractivity contribution is 5.83. The number of allylic oxidation sites excluding steroid dienone is 3. The van der Waals surface area contributed by atoms with Gasteiger partial charge in [-0.25, -0.2) is 0 Å². The Bertz CT molecular complexity index is 338. The van der Waals surface area contributed by atoms with E-state index in [0.717, 1.165) is 24.8 Å². The van der Waals surface area contributed by atoms with Crippen LogP contribution in [0.25, 0.3) is 0 Å². The van der Waals surface area contributed by atoms with Crippen molar-refractivity contribution in [3.8, 4) is 0 Å². The molecule has 0 aliphatic heterocycles. The molecule has 2 rings (SSSR count). The molecule has 1 amide bonds. The van der Waals surface area contributed by atoms with E-state index >= 15 is 0 Å². The number of carbonyl (C=O) groups is 1. The number of carbonyl (C=O) groups excluding carboxylic acids is 1. The summed E-state index contributed by atoms with van der Waals surface area (Å²) in [4.78, 5) is 11.3. The maximum atomic E-state index is 11.3. The van der Waals surface area contributed by atoms with Crippen LogP contribution in [0.4, 0.5) is 0 Å². The Morgan fingerprint density at radius 3 is 3.07 bits per heavy atom. The number of primary amides is 1. The SMILES string of the molecule is C=C1CCC2CC=CC=C2C1C(N)=O. The number of nitrogens with two attached hydrogens (primary N) is 1. The highest BCUT2D eigenvalue weighted by Gasteiger charge is 2.33. The van der Waals surface area contributed by atoms with Crippen LogP contribution in [0.15, 0.2) is 36.0 Å². The Labute approximate surface area is 84.2 Å². The first-order chi connectivity index (χ1) is 6.70. The van der Waals surface area contributed by atoms with E-state index in [-0.39, 0.29) is 11.8 Å². The van der Waals surface area contributed by atoms with E-state index in [1.807, 2.05) is 12.2 Å². The molecule has 2 aliphatic carbocycles. The van der Waals surface area contributed by atoms with Crippen molar-refractivity contribution in [1.29, 1.82) is 0 Å². The van der Waals surface area contributed by atoms with Crippen molar-refractivity contribution >= 4 is 5.91 Å². The first kappa shape index (κ1) is 9.25. The van der Waals surface area contributed by atoms with Crippen molar-refractivity contribution in [2.75, 3.05) is 0 Å². The lowest BCUT2D eigenvalue weighted by molar-refractivity contribution is -0.120.